The molecule has 0 amide bonds. The Morgan fingerprint density at radius 3 is 2.56 bits per heavy atom. The third kappa shape index (κ3) is 3.72. The van der Waals surface area contributed by atoms with Crippen molar-refractivity contribution in [3.05, 3.63) is 66.2 Å². The first-order valence-corrected chi connectivity index (χ1v) is 8.81. The van der Waals surface area contributed by atoms with Crippen molar-refractivity contribution >= 4 is 5.82 Å². The summed E-state index contributed by atoms with van der Waals surface area (Å²) < 4.78 is 0. The van der Waals surface area contributed by atoms with Crippen LogP contribution in [0.2, 0.25) is 0 Å². The van der Waals surface area contributed by atoms with Gasteiger partial charge in [-0.2, -0.15) is 0 Å². The minimum atomic E-state index is 0.561. The van der Waals surface area contributed by atoms with Gasteiger partial charge < -0.3 is 10.7 Å². The van der Waals surface area contributed by atoms with E-state index in [2.05, 4.69) is 44.1 Å². The fourth-order valence-electron chi connectivity index (χ4n) is 3.56. The van der Waals surface area contributed by atoms with E-state index in [0.717, 1.165) is 36.7 Å². The van der Waals surface area contributed by atoms with Gasteiger partial charge in [-0.1, -0.05) is 30.3 Å². The number of nitrogen functional groups attached to an aromatic ring is 1. The minimum Gasteiger partial charge on any atom is -0.384 e. The van der Waals surface area contributed by atoms with E-state index >= 15 is 0 Å². The molecule has 4 rings (SSSR count). The third-order valence-corrected chi connectivity index (χ3v) is 4.96. The number of nitrogens with two attached hydrogens (primary N) is 1. The summed E-state index contributed by atoms with van der Waals surface area (Å²) >= 11 is 0. The minimum absolute atomic E-state index is 0.561. The van der Waals surface area contributed by atoms with Gasteiger partial charge in [0.25, 0.3) is 0 Å². The lowest BCUT2D eigenvalue weighted by Crippen LogP contribution is -2.32. The van der Waals surface area contributed by atoms with Crippen molar-refractivity contribution in [2.24, 2.45) is 0 Å². The highest BCUT2D eigenvalue weighted by atomic mass is 15.1. The Morgan fingerprint density at radius 2 is 1.88 bits per heavy atom. The van der Waals surface area contributed by atoms with E-state index in [1.54, 1.807) is 0 Å². The van der Waals surface area contributed by atoms with Crippen molar-refractivity contribution in [1.29, 1.82) is 0 Å². The van der Waals surface area contributed by atoms with Gasteiger partial charge in [0.1, 0.15) is 11.6 Å². The zero-order chi connectivity index (χ0) is 17.1. The molecular formula is C20H23N5. The van der Waals surface area contributed by atoms with Crippen LogP contribution in [0.15, 0.2) is 54.9 Å². The fraction of sp³-hybridized carbons (Fsp3) is 0.300. The van der Waals surface area contributed by atoms with E-state index < -0.39 is 0 Å². The molecule has 1 fully saturated rings. The summed E-state index contributed by atoms with van der Waals surface area (Å²) in [5.74, 6) is 2.25. The summed E-state index contributed by atoms with van der Waals surface area (Å²) in [6.07, 6.45) is 6.09. The van der Waals surface area contributed by atoms with Gasteiger partial charge >= 0.3 is 0 Å². The molecule has 1 aromatic carbocycles. The molecule has 5 heteroatoms. The second-order valence-electron chi connectivity index (χ2n) is 6.66. The molecule has 3 aromatic rings. The number of aromatic nitrogens is 3. The Kier molecular flexibility index (Phi) is 4.48. The van der Waals surface area contributed by atoms with Gasteiger partial charge in [0.2, 0.25) is 0 Å². The van der Waals surface area contributed by atoms with Gasteiger partial charge in [0.05, 0.1) is 12.2 Å². The molecule has 128 valence electrons. The number of aromatic amines is 1. The number of H-pyrrole nitrogens is 1. The van der Waals surface area contributed by atoms with Crippen molar-refractivity contribution in [2.45, 2.75) is 25.3 Å². The zero-order valence-corrected chi connectivity index (χ0v) is 14.2. The summed E-state index contributed by atoms with van der Waals surface area (Å²) in [5.41, 5.74) is 9.25. The first-order chi connectivity index (χ1) is 12.3. The van der Waals surface area contributed by atoms with E-state index in [0.29, 0.717) is 11.7 Å². The Labute approximate surface area is 147 Å². The van der Waals surface area contributed by atoms with E-state index in [9.17, 15) is 0 Å². The van der Waals surface area contributed by atoms with E-state index in [1.807, 2.05) is 30.6 Å². The summed E-state index contributed by atoms with van der Waals surface area (Å²) in [4.78, 5) is 14.4. The molecule has 1 saturated heterocycles. The predicted octanol–water partition coefficient (Wildman–Crippen LogP) is 3.43. The highest BCUT2D eigenvalue weighted by molar-refractivity contribution is 5.61. The number of anilines is 1. The Hall–Kier alpha value is -2.66. The number of rotatable bonds is 4. The van der Waals surface area contributed by atoms with Crippen LogP contribution >= 0.6 is 0 Å². The van der Waals surface area contributed by atoms with Gasteiger partial charge in [0.15, 0.2) is 0 Å². The molecule has 5 nitrogen and oxygen atoms in total. The fourth-order valence-corrected chi connectivity index (χ4v) is 3.56. The first kappa shape index (κ1) is 15.8. The maximum atomic E-state index is 5.78. The molecule has 3 N–H and O–H groups in total. The maximum Gasteiger partial charge on any atom is 0.124 e. The highest BCUT2D eigenvalue weighted by Gasteiger charge is 2.21. The van der Waals surface area contributed by atoms with Crippen molar-refractivity contribution in [1.82, 2.24) is 19.9 Å². The van der Waals surface area contributed by atoms with E-state index in [4.69, 9.17) is 5.73 Å². The first-order valence-electron chi connectivity index (χ1n) is 8.81. The molecule has 1 aliphatic rings. The van der Waals surface area contributed by atoms with Gasteiger partial charge in [-0.3, -0.25) is 4.90 Å². The predicted molar refractivity (Wildman–Crippen MR) is 99.9 cm³/mol. The molecule has 0 unspecified atom stereocenters. The van der Waals surface area contributed by atoms with Gasteiger partial charge in [0, 0.05) is 18.0 Å². The molecule has 0 spiro atoms. The van der Waals surface area contributed by atoms with Crippen LogP contribution in [0.25, 0.3) is 11.3 Å². The van der Waals surface area contributed by atoms with E-state index in [-0.39, 0.29) is 0 Å². The largest absolute Gasteiger partial charge is 0.384 e. The molecule has 1 aliphatic heterocycles. The average Bonchev–Trinajstić information content (AvgIpc) is 3.16. The Balaban J connectivity index is 1.38. The number of pyridine rings is 1. The van der Waals surface area contributed by atoms with Crippen LogP contribution < -0.4 is 5.73 Å². The number of hydrogen-bond acceptors (Lipinski definition) is 4. The van der Waals surface area contributed by atoms with Crippen LogP contribution in [0.1, 0.15) is 30.1 Å². The second kappa shape index (κ2) is 7.07. The Bertz CT molecular complexity index is 802. The molecule has 0 atom stereocenters. The standard InChI is InChI=1S/C20H23N5/c21-19-3-1-2-18(24-19)17-6-4-15(5-7-17)16-8-12-25(13-9-16)14-20-22-10-11-23-20/h1-7,10-11,16H,8-9,12-14H2,(H2,21,24)(H,22,23). The molecule has 0 saturated carbocycles. The normalized spacial score (nSPS) is 16.2. The number of hydrogen-bond donors (Lipinski definition) is 2. The number of benzene rings is 1. The lowest BCUT2D eigenvalue weighted by Gasteiger charge is -2.31. The lowest BCUT2D eigenvalue weighted by atomic mass is 9.89. The quantitative estimate of drug-likeness (QED) is 0.767. The Morgan fingerprint density at radius 1 is 1.08 bits per heavy atom. The number of nitrogens with zero attached hydrogens (tertiary/aromatic N) is 3. The van der Waals surface area contributed by atoms with Gasteiger partial charge in [-0.05, 0) is 49.5 Å². The molecule has 0 aliphatic carbocycles. The molecule has 3 heterocycles. The molecule has 0 radical (unpaired) electrons. The van der Waals surface area contributed by atoms with Crippen LogP contribution in [0.4, 0.5) is 5.82 Å². The molecule has 25 heavy (non-hydrogen) atoms. The van der Waals surface area contributed by atoms with Crippen molar-refractivity contribution in [2.75, 3.05) is 18.8 Å². The van der Waals surface area contributed by atoms with Gasteiger partial charge in [-0.15, -0.1) is 0 Å². The summed E-state index contributed by atoms with van der Waals surface area (Å²) in [7, 11) is 0. The smallest absolute Gasteiger partial charge is 0.124 e. The second-order valence-corrected chi connectivity index (χ2v) is 6.66. The van der Waals surface area contributed by atoms with Crippen LogP contribution in [-0.4, -0.2) is 32.9 Å². The number of nitrogens with one attached hydrogen (secondary N) is 1. The van der Waals surface area contributed by atoms with Crippen LogP contribution in [-0.2, 0) is 6.54 Å². The summed E-state index contributed by atoms with van der Waals surface area (Å²) in [6, 6.07) is 14.6. The lowest BCUT2D eigenvalue weighted by molar-refractivity contribution is 0.200. The summed E-state index contributed by atoms with van der Waals surface area (Å²) in [5, 5.41) is 0. The molecular weight excluding hydrogens is 310 g/mol. The third-order valence-electron chi connectivity index (χ3n) is 4.96. The highest BCUT2D eigenvalue weighted by Crippen LogP contribution is 2.30. The topological polar surface area (TPSA) is 70.8 Å². The summed E-state index contributed by atoms with van der Waals surface area (Å²) in [6.45, 7) is 3.15. The average molecular weight is 333 g/mol. The van der Waals surface area contributed by atoms with Crippen LogP contribution in [0, 0.1) is 0 Å². The van der Waals surface area contributed by atoms with E-state index in [1.165, 1.54) is 18.4 Å². The number of piperidine rings is 1. The monoisotopic (exact) mass is 333 g/mol. The molecule has 2 aromatic heterocycles. The van der Waals surface area contributed by atoms with Crippen molar-refractivity contribution < 1.29 is 0 Å². The number of imidazole rings is 1. The van der Waals surface area contributed by atoms with Crippen molar-refractivity contribution in [3.8, 4) is 11.3 Å². The molecule has 0 bridgehead atoms. The van der Waals surface area contributed by atoms with Gasteiger partial charge in [-0.25, -0.2) is 9.97 Å². The SMILES string of the molecule is Nc1cccc(-c2ccc(C3CCN(Cc4ncc[nH]4)CC3)cc2)n1. The van der Waals surface area contributed by atoms with Crippen LogP contribution in [0.5, 0.6) is 0 Å². The van der Waals surface area contributed by atoms with Crippen LogP contribution in [0.3, 0.4) is 0 Å². The number of likely N-dealkylation sites (tertiary alicyclic amines) is 1. The maximum absolute atomic E-state index is 5.78. The zero-order valence-electron chi connectivity index (χ0n) is 14.2. The van der Waals surface area contributed by atoms with Crippen molar-refractivity contribution in [3.63, 3.8) is 0 Å².